The Labute approximate surface area is 148 Å². The van der Waals surface area contributed by atoms with E-state index in [1.807, 2.05) is 6.26 Å². The van der Waals surface area contributed by atoms with E-state index in [1.54, 1.807) is 19.1 Å². The summed E-state index contributed by atoms with van der Waals surface area (Å²) < 4.78 is 10.5. The first-order valence-corrected chi connectivity index (χ1v) is 8.96. The third-order valence-corrected chi connectivity index (χ3v) is 4.17. The molecule has 0 aliphatic heterocycles. The van der Waals surface area contributed by atoms with Crippen molar-refractivity contribution in [3.8, 4) is 5.75 Å². The van der Waals surface area contributed by atoms with Crippen LogP contribution >= 0.6 is 11.8 Å². The number of aryl methyl sites for hydroxylation is 1. The summed E-state index contributed by atoms with van der Waals surface area (Å²) in [5.74, 6) is -0.972. The van der Waals surface area contributed by atoms with Gasteiger partial charge in [-0.3, -0.25) is 4.79 Å². The van der Waals surface area contributed by atoms with Crippen LogP contribution in [0.1, 0.15) is 12.0 Å². The van der Waals surface area contributed by atoms with Crippen LogP contribution in [0.5, 0.6) is 5.75 Å². The molecule has 1 aromatic heterocycles. The van der Waals surface area contributed by atoms with Gasteiger partial charge in [0, 0.05) is 17.5 Å². The van der Waals surface area contributed by atoms with Crippen LogP contribution in [0.4, 0.5) is 0 Å². The molecule has 0 aliphatic carbocycles. The highest BCUT2D eigenvalue weighted by molar-refractivity contribution is 7.98. The van der Waals surface area contributed by atoms with Crippen molar-refractivity contribution < 1.29 is 23.8 Å². The smallest absolute Gasteiger partial charge is 0.336 e. The van der Waals surface area contributed by atoms with Gasteiger partial charge in [-0.2, -0.15) is 11.8 Å². The monoisotopic (exact) mass is 364 g/mol. The molecule has 0 unspecified atom stereocenters. The number of carbonyl (C=O) groups is 2. The van der Waals surface area contributed by atoms with Crippen LogP contribution in [-0.2, 0) is 9.59 Å². The highest BCUT2D eigenvalue weighted by Crippen LogP contribution is 2.22. The standard InChI is InChI=1S/C17H19NO6S/c1-10-7-16(20)24-14-8-11(3-4-12(10)14)23-9-15(19)18-13(17(21)22)5-6-25-2/h3-4,7-8,13H,5-6,9H2,1-2H3,(H,18,19)(H,21,22)/p-1/t13-/m0/s1. The molecule has 0 radical (unpaired) electrons. The van der Waals surface area contributed by atoms with E-state index >= 15 is 0 Å². The second-order valence-corrected chi connectivity index (χ2v) is 6.40. The van der Waals surface area contributed by atoms with Crippen LogP contribution in [0.15, 0.2) is 33.5 Å². The summed E-state index contributed by atoms with van der Waals surface area (Å²) in [5, 5.41) is 14.1. The Balaban J connectivity index is 2.00. The summed E-state index contributed by atoms with van der Waals surface area (Å²) in [5.41, 5.74) is 0.669. The number of thioether (sulfide) groups is 1. The van der Waals surface area contributed by atoms with Gasteiger partial charge in [0.15, 0.2) is 6.61 Å². The number of hydrogen-bond donors (Lipinski definition) is 1. The molecule has 1 N–H and O–H groups in total. The molecule has 7 nitrogen and oxygen atoms in total. The van der Waals surface area contributed by atoms with Crippen molar-refractivity contribution >= 4 is 34.6 Å². The molecule has 1 amide bonds. The molecule has 0 saturated heterocycles. The van der Waals surface area contributed by atoms with Crippen LogP contribution in [0, 0.1) is 6.92 Å². The predicted molar refractivity (Wildman–Crippen MR) is 92.7 cm³/mol. The number of carboxylic acid groups (broad SMARTS) is 1. The van der Waals surface area contributed by atoms with Crippen molar-refractivity contribution in [3.63, 3.8) is 0 Å². The van der Waals surface area contributed by atoms with Crippen molar-refractivity contribution in [1.29, 1.82) is 0 Å². The summed E-state index contributed by atoms with van der Waals surface area (Å²) >= 11 is 1.48. The zero-order chi connectivity index (χ0) is 18.4. The molecule has 0 saturated carbocycles. The first-order valence-electron chi connectivity index (χ1n) is 7.57. The maximum atomic E-state index is 11.9. The number of fused-ring (bicyclic) bond motifs is 1. The minimum atomic E-state index is -1.33. The number of hydrogen-bond acceptors (Lipinski definition) is 7. The van der Waals surface area contributed by atoms with E-state index in [0.29, 0.717) is 17.1 Å². The molecule has 134 valence electrons. The lowest BCUT2D eigenvalue weighted by atomic mass is 10.1. The number of nitrogens with one attached hydrogen (secondary N) is 1. The molecular weight excluding hydrogens is 346 g/mol. The van der Waals surface area contributed by atoms with Crippen LogP contribution in [-0.4, -0.2) is 36.5 Å². The maximum absolute atomic E-state index is 11.9. The number of benzene rings is 1. The Morgan fingerprint density at radius 3 is 2.80 bits per heavy atom. The fourth-order valence-electron chi connectivity index (χ4n) is 2.26. The normalized spacial score (nSPS) is 11.9. The Morgan fingerprint density at radius 1 is 1.36 bits per heavy atom. The van der Waals surface area contributed by atoms with E-state index in [4.69, 9.17) is 9.15 Å². The van der Waals surface area contributed by atoms with E-state index in [-0.39, 0.29) is 13.0 Å². The molecule has 0 bridgehead atoms. The summed E-state index contributed by atoms with van der Waals surface area (Å²) in [7, 11) is 0. The highest BCUT2D eigenvalue weighted by Gasteiger charge is 2.14. The van der Waals surface area contributed by atoms with Gasteiger partial charge >= 0.3 is 5.63 Å². The maximum Gasteiger partial charge on any atom is 0.336 e. The van der Waals surface area contributed by atoms with Gasteiger partial charge in [-0.15, -0.1) is 0 Å². The topological polar surface area (TPSA) is 109 Å². The molecule has 0 fully saturated rings. The summed E-state index contributed by atoms with van der Waals surface area (Å²) in [6.45, 7) is 1.44. The second kappa shape index (κ2) is 8.57. The number of rotatable bonds is 8. The van der Waals surface area contributed by atoms with Crippen molar-refractivity contribution in [2.24, 2.45) is 0 Å². The fraction of sp³-hybridized carbons (Fsp3) is 0.353. The van der Waals surface area contributed by atoms with E-state index < -0.39 is 23.5 Å². The number of carboxylic acids is 1. The Kier molecular flexibility index (Phi) is 6.46. The van der Waals surface area contributed by atoms with Crippen molar-refractivity contribution in [3.05, 3.63) is 40.2 Å². The fourth-order valence-corrected chi connectivity index (χ4v) is 2.74. The molecule has 1 atom stereocenters. The van der Waals surface area contributed by atoms with Crippen molar-refractivity contribution in [1.82, 2.24) is 5.32 Å². The third-order valence-electron chi connectivity index (χ3n) is 3.52. The summed E-state index contributed by atoms with van der Waals surface area (Å²) in [4.78, 5) is 34.3. The molecule has 2 rings (SSSR count). The number of amides is 1. The number of carbonyl (C=O) groups excluding carboxylic acids is 2. The van der Waals surface area contributed by atoms with Crippen molar-refractivity contribution in [2.75, 3.05) is 18.6 Å². The van der Waals surface area contributed by atoms with E-state index in [1.165, 1.54) is 23.9 Å². The van der Waals surface area contributed by atoms with E-state index in [0.717, 1.165) is 10.9 Å². The first-order chi connectivity index (χ1) is 11.9. The average Bonchev–Trinajstić information content (AvgIpc) is 2.56. The lowest BCUT2D eigenvalue weighted by molar-refractivity contribution is -0.308. The molecule has 1 aromatic carbocycles. The quantitative estimate of drug-likeness (QED) is 0.678. The van der Waals surface area contributed by atoms with Crippen LogP contribution < -0.4 is 20.8 Å². The minimum absolute atomic E-state index is 0.273. The second-order valence-electron chi connectivity index (χ2n) is 5.42. The molecular formula is C17H18NO6S-. The van der Waals surface area contributed by atoms with Gasteiger partial charge in [-0.25, -0.2) is 4.79 Å². The molecule has 0 spiro atoms. The van der Waals surface area contributed by atoms with Crippen LogP contribution in [0.2, 0.25) is 0 Å². The number of ether oxygens (including phenoxy) is 1. The zero-order valence-corrected chi connectivity index (χ0v) is 14.7. The average molecular weight is 364 g/mol. The Hall–Kier alpha value is -2.48. The lowest BCUT2D eigenvalue weighted by Crippen LogP contribution is -2.49. The van der Waals surface area contributed by atoms with Gasteiger partial charge in [-0.05, 0) is 43.0 Å². The van der Waals surface area contributed by atoms with Gasteiger partial charge in [0.1, 0.15) is 11.3 Å². The third kappa shape index (κ3) is 5.25. The molecule has 0 aliphatic rings. The largest absolute Gasteiger partial charge is 0.548 e. The van der Waals surface area contributed by atoms with Gasteiger partial charge in [0.25, 0.3) is 5.91 Å². The Bertz CT molecular complexity index is 831. The molecule has 25 heavy (non-hydrogen) atoms. The minimum Gasteiger partial charge on any atom is -0.548 e. The van der Waals surface area contributed by atoms with Gasteiger partial charge in [0.2, 0.25) is 0 Å². The van der Waals surface area contributed by atoms with Crippen molar-refractivity contribution in [2.45, 2.75) is 19.4 Å². The summed E-state index contributed by atoms with van der Waals surface area (Å²) in [6, 6.07) is 5.22. The predicted octanol–water partition coefficient (Wildman–Crippen LogP) is 0.468. The highest BCUT2D eigenvalue weighted by atomic mass is 32.2. The molecule has 1 heterocycles. The van der Waals surface area contributed by atoms with Crippen LogP contribution in [0.25, 0.3) is 11.0 Å². The van der Waals surface area contributed by atoms with Gasteiger partial charge < -0.3 is 24.4 Å². The van der Waals surface area contributed by atoms with Gasteiger partial charge in [-0.1, -0.05) is 0 Å². The Morgan fingerprint density at radius 2 is 2.12 bits per heavy atom. The zero-order valence-electron chi connectivity index (χ0n) is 13.9. The molecule has 8 heteroatoms. The van der Waals surface area contributed by atoms with E-state index in [2.05, 4.69) is 5.32 Å². The van der Waals surface area contributed by atoms with Gasteiger partial charge in [0.05, 0.1) is 12.0 Å². The van der Waals surface area contributed by atoms with Crippen LogP contribution in [0.3, 0.4) is 0 Å². The SMILES string of the molecule is CSCC[C@H](NC(=O)COc1ccc2c(C)cc(=O)oc2c1)C(=O)[O-]. The van der Waals surface area contributed by atoms with E-state index in [9.17, 15) is 19.5 Å². The molecule has 2 aromatic rings. The first kappa shape index (κ1) is 18.9. The number of aliphatic carboxylic acids is 1. The lowest BCUT2D eigenvalue weighted by Gasteiger charge is -2.19. The summed E-state index contributed by atoms with van der Waals surface area (Å²) in [6.07, 6.45) is 2.12.